The Morgan fingerprint density at radius 2 is 1.86 bits per heavy atom. The number of rotatable bonds is 5. The molecule has 0 aliphatic carbocycles. The molecule has 1 aromatic carbocycles. The first-order valence-corrected chi connectivity index (χ1v) is 7.74. The van der Waals surface area contributed by atoms with E-state index in [0.717, 1.165) is 38.3 Å². The molecule has 0 saturated carbocycles. The van der Waals surface area contributed by atoms with E-state index < -0.39 is 0 Å². The Morgan fingerprint density at radius 1 is 1.14 bits per heavy atom. The summed E-state index contributed by atoms with van der Waals surface area (Å²) in [5.41, 5.74) is 0.946. The van der Waals surface area contributed by atoms with Crippen LogP contribution in [0.5, 0.6) is 0 Å². The zero-order chi connectivity index (χ0) is 15.4. The SMILES string of the molecule is C[C@@H](c1nnc(-c2ccccc2)o1)N1CCN(CCO)CC1. The van der Waals surface area contributed by atoms with Gasteiger partial charge in [-0.1, -0.05) is 18.2 Å². The fraction of sp³-hybridized carbons (Fsp3) is 0.500. The molecule has 1 fully saturated rings. The van der Waals surface area contributed by atoms with Gasteiger partial charge in [0.1, 0.15) is 0 Å². The average Bonchev–Trinajstić information content (AvgIpc) is 3.06. The highest BCUT2D eigenvalue weighted by molar-refractivity contribution is 5.51. The molecule has 1 aliphatic heterocycles. The van der Waals surface area contributed by atoms with Crippen LogP contribution in [0.15, 0.2) is 34.7 Å². The Balaban J connectivity index is 1.64. The molecule has 0 bridgehead atoms. The maximum Gasteiger partial charge on any atom is 0.247 e. The van der Waals surface area contributed by atoms with E-state index in [2.05, 4.69) is 26.9 Å². The van der Waals surface area contributed by atoms with Crippen LogP contribution in [0.4, 0.5) is 0 Å². The Kier molecular flexibility index (Phi) is 4.82. The molecule has 118 valence electrons. The molecule has 0 spiro atoms. The minimum Gasteiger partial charge on any atom is -0.419 e. The van der Waals surface area contributed by atoms with E-state index in [4.69, 9.17) is 9.52 Å². The lowest BCUT2D eigenvalue weighted by molar-refractivity contribution is 0.0802. The fourth-order valence-electron chi connectivity index (χ4n) is 2.77. The first-order valence-electron chi connectivity index (χ1n) is 7.74. The van der Waals surface area contributed by atoms with Gasteiger partial charge in [-0.3, -0.25) is 9.80 Å². The van der Waals surface area contributed by atoms with E-state index in [1.54, 1.807) is 0 Å². The number of hydrogen-bond acceptors (Lipinski definition) is 6. The van der Waals surface area contributed by atoms with Gasteiger partial charge in [0, 0.05) is 38.3 Å². The molecule has 1 N–H and O–H groups in total. The third-order valence-corrected chi connectivity index (χ3v) is 4.19. The van der Waals surface area contributed by atoms with Gasteiger partial charge in [-0.25, -0.2) is 0 Å². The number of nitrogens with zero attached hydrogens (tertiary/aromatic N) is 4. The smallest absolute Gasteiger partial charge is 0.247 e. The van der Waals surface area contributed by atoms with Crippen molar-refractivity contribution in [2.75, 3.05) is 39.3 Å². The Labute approximate surface area is 130 Å². The zero-order valence-corrected chi connectivity index (χ0v) is 12.9. The summed E-state index contributed by atoms with van der Waals surface area (Å²) in [6.07, 6.45) is 0. The predicted molar refractivity (Wildman–Crippen MR) is 83.2 cm³/mol. The third kappa shape index (κ3) is 3.35. The van der Waals surface area contributed by atoms with Gasteiger partial charge in [0.2, 0.25) is 11.8 Å². The van der Waals surface area contributed by atoms with Crippen LogP contribution in [0.25, 0.3) is 11.5 Å². The predicted octanol–water partition coefficient (Wildman–Crippen LogP) is 1.41. The summed E-state index contributed by atoms with van der Waals surface area (Å²) in [5.74, 6) is 1.23. The van der Waals surface area contributed by atoms with Crippen molar-refractivity contribution in [2.24, 2.45) is 0 Å². The molecule has 6 heteroatoms. The van der Waals surface area contributed by atoms with Gasteiger partial charge in [0.15, 0.2) is 0 Å². The standard InChI is InChI=1S/C16H22N4O2/c1-13(20-9-7-19(8-10-20)11-12-21)15-17-18-16(22-15)14-5-3-2-4-6-14/h2-6,13,21H,7-12H2,1H3/t13-/m0/s1. The number of aliphatic hydroxyl groups is 1. The van der Waals surface area contributed by atoms with Crippen molar-refractivity contribution < 1.29 is 9.52 Å². The van der Waals surface area contributed by atoms with Crippen LogP contribution in [-0.2, 0) is 0 Å². The van der Waals surface area contributed by atoms with Crippen molar-refractivity contribution in [3.8, 4) is 11.5 Å². The van der Waals surface area contributed by atoms with Gasteiger partial charge >= 0.3 is 0 Å². The van der Waals surface area contributed by atoms with Crippen LogP contribution in [0.2, 0.25) is 0 Å². The number of aliphatic hydroxyl groups excluding tert-OH is 1. The van der Waals surface area contributed by atoms with E-state index >= 15 is 0 Å². The van der Waals surface area contributed by atoms with Crippen molar-refractivity contribution >= 4 is 0 Å². The van der Waals surface area contributed by atoms with E-state index in [0.29, 0.717) is 11.8 Å². The molecule has 0 unspecified atom stereocenters. The molecule has 0 radical (unpaired) electrons. The number of hydrogen-bond donors (Lipinski definition) is 1. The second-order valence-corrected chi connectivity index (χ2v) is 5.59. The summed E-state index contributed by atoms with van der Waals surface area (Å²) in [6.45, 7) is 6.90. The largest absolute Gasteiger partial charge is 0.419 e. The number of aromatic nitrogens is 2. The molecule has 1 saturated heterocycles. The van der Waals surface area contributed by atoms with Crippen LogP contribution in [-0.4, -0.2) is 64.4 Å². The average molecular weight is 302 g/mol. The van der Waals surface area contributed by atoms with E-state index in [9.17, 15) is 0 Å². The normalized spacial score (nSPS) is 18.5. The molecule has 1 aliphatic rings. The second-order valence-electron chi connectivity index (χ2n) is 5.59. The molecule has 1 atom stereocenters. The summed E-state index contributed by atoms with van der Waals surface area (Å²) in [6, 6.07) is 9.94. The van der Waals surface area contributed by atoms with Gasteiger partial charge in [-0.05, 0) is 19.1 Å². The van der Waals surface area contributed by atoms with Crippen LogP contribution in [0.3, 0.4) is 0 Å². The monoisotopic (exact) mass is 302 g/mol. The minimum absolute atomic E-state index is 0.112. The van der Waals surface area contributed by atoms with Gasteiger partial charge in [0.25, 0.3) is 0 Å². The Bertz CT molecular complexity index is 579. The topological polar surface area (TPSA) is 65.6 Å². The highest BCUT2D eigenvalue weighted by Gasteiger charge is 2.25. The third-order valence-electron chi connectivity index (χ3n) is 4.19. The van der Waals surface area contributed by atoms with E-state index in [-0.39, 0.29) is 12.6 Å². The van der Waals surface area contributed by atoms with Crippen molar-refractivity contribution in [1.82, 2.24) is 20.0 Å². The summed E-state index contributed by atoms with van der Waals surface area (Å²) >= 11 is 0. The molecular weight excluding hydrogens is 280 g/mol. The van der Waals surface area contributed by atoms with Crippen LogP contribution >= 0.6 is 0 Å². The number of benzene rings is 1. The van der Waals surface area contributed by atoms with Gasteiger partial charge in [0.05, 0.1) is 12.6 Å². The molecule has 2 heterocycles. The molecule has 3 rings (SSSR count). The second kappa shape index (κ2) is 7.00. The highest BCUT2D eigenvalue weighted by Crippen LogP contribution is 2.24. The first-order chi connectivity index (χ1) is 10.8. The minimum atomic E-state index is 0.112. The summed E-state index contributed by atoms with van der Waals surface area (Å²) in [5, 5.41) is 17.4. The van der Waals surface area contributed by atoms with Crippen LogP contribution in [0.1, 0.15) is 18.9 Å². The lowest BCUT2D eigenvalue weighted by Crippen LogP contribution is -2.47. The molecule has 0 amide bonds. The summed E-state index contributed by atoms with van der Waals surface area (Å²) in [4.78, 5) is 4.61. The Hall–Kier alpha value is -1.76. The summed E-state index contributed by atoms with van der Waals surface area (Å²) < 4.78 is 5.84. The number of β-amino-alcohol motifs (C(OH)–C–C–N with tert-alkyl or cyclic N) is 1. The quantitative estimate of drug-likeness (QED) is 0.901. The van der Waals surface area contributed by atoms with Crippen molar-refractivity contribution in [3.63, 3.8) is 0 Å². The maximum absolute atomic E-state index is 8.99. The van der Waals surface area contributed by atoms with E-state index in [1.165, 1.54) is 0 Å². The molecule has 22 heavy (non-hydrogen) atoms. The Morgan fingerprint density at radius 3 is 2.55 bits per heavy atom. The van der Waals surface area contributed by atoms with Gasteiger partial charge < -0.3 is 9.52 Å². The lowest BCUT2D eigenvalue weighted by Gasteiger charge is -2.36. The summed E-state index contributed by atoms with van der Waals surface area (Å²) in [7, 11) is 0. The van der Waals surface area contributed by atoms with Crippen molar-refractivity contribution in [1.29, 1.82) is 0 Å². The molecule has 2 aromatic rings. The van der Waals surface area contributed by atoms with Crippen LogP contribution < -0.4 is 0 Å². The lowest BCUT2D eigenvalue weighted by atomic mass is 10.2. The number of piperazine rings is 1. The molecule has 6 nitrogen and oxygen atoms in total. The van der Waals surface area contributed by atoms with Crippen LogP contribution in [0, 0.1) is 0 Å². The zero-order valence-electron chi connectivity index (χ0n) is 12.9. The molecule has 1 aromatic heterocycles. The highest BCUT2D eigenvalue weighted by atomic mass is 16.4. The van der Waals surface area contributed by atoms with Gasteiger partial charge in [-0.2, -0.15) is 0 Å². The first kappa shape index (κ1) is 15.1. The van der Waals surface area contributed by atoms with Gasteiger partial charge in [-0.15, -0.1) is 10.2 Å². The molecular formula is C16H22N4O2. The van der Waals surface area contributed by atoms with E-state index in [1.807, 2.05) is 30.3 Å². The van der Waals surface area contributed by atoms with Crippen molar-refractivity contribution in [2.45, 2.75) is 13.0 Å². The maximum atomic E-state index is 8.99. The van der Waals surface area contributed by atoms with Crippen molar-refractivity contribution in [3.05, 3.63) is 36.2 Å². The fourth-order valence-corrected chi connectivity index (χ4v) is 2.77.